The molecule has 2 aromatic rings. The molecule has 1 atom stereocenters. The van der Waals surface area contributed by atoms with Crippen molar-refractivity contribution in [3.8, 4) is 0 Å². The van der Waals surface area contributed by atoms with Crippen molar-refractivity contribution < 1.29 is 23.1 Å². The van der Waals surface area contributed by atoms with Crippen molar-refractivity contribution in [1.82, 2.24) is 0 Å². The van der Waals surface area contributed by atoms with Crippen LogP contribution in [0.3, 0.4) is 0 Å². The van der Waals surface area contributed by atoms with E-state index < -0.39 is 23.5 Å². The predicted molar refractivity (Wildman–Crippen MR) is 56.8 cm³/mol. The molecule has 0 aliphatic heterocycles. The Bertz CT molecular complexity index is 574. The molecule has 0 saturated heterocycles. The van der Waals surface area contributed by atoms with Crippen LogP contribution in [0, 0.1) is 11.6 Å². The molecule has 2 rings (SSSR count). The summed E-state index contributed by atoms with van der Waals surface area (Å²) < 4.78 is 32.5. The molecule has 17 heavy (non-hydrogen) atoms. The fourth-order valence-corrected chi connectivity index (χ4v) is 1.87. The number of carboxylic acids is 1. The topological polar surface area (TPSA) is 50.4 Å². The molecule has 1 N–H and O–H groups in total. The van der Waals surface area contributed by atoms with Crippen LogP contribution in [0.1, 0.15) is 24.8 Å². The predicted octanol–water partition coefficient (Wildman–Crippen LogP) is 3.29. The van der Waals surface area contributed by atoms with Crippen molar-refractivity contribution in [3.63, 3.8) is 0 Å². The van der Waals surface area contributed by atoms with E-state index in [-0.39, 0.29) is 23.0 Å². The molecular formula is C12H10F2O3. The van der Waals surface area contributed by atoms with Crippen LogP contribution in [0.4, 0.5) is 8.78 Å². The highest BCUT2D eigenvalue weighted by atomic mass is 19.1. The maximum Gasteiger partial charge on any atom is 0.303 e. The molecule has 0 aliphatic rings. The van der Waals surface area contributed by atoms with Gasteiger partial charge in [-0.15, -0.1) is 0 Å². The van der Waals surface area contributed by atoms with Crippen LogP contribution in [0.15, 0.2) is 22.8 Å². The molecule has 1 aromatic carbocycles. The van der Waals surface area contributed by atoms with Crippen LogP contribution in [-0.4, -0.2) is 11.1 Å². The van der Waals surface area contributed by atoms with Crippen molar-refractivity contribution in [2.45, 2.75) is 19.3 Å². The average molecular weight is 240 g/mol. The van der Waals surface area contributed by atoms with Gasteiger partial charge in [-0.2, -0.15) is 0 Å². The van der Waals surface area contributed by atoms with Gasteiger partial charge in [0.25, 0.3) is 0 Å². The lowest BCUT2D eigenvalue weighted by Gasteiger charge is -2.11. The first-order chi connectivity index (χ1) is 8.00. The fourth-order valence-electron chi connectivity index (χ4n) is 1.87. The molecule has 1 heterocycles. The summed E-state index contributed by atoms with van der Waals surface area (Å²) in [5, 5.41) is 8.80. The summed E-state index contributed by atoms with van der Waals surface area (Å²) in [4.78, 5) is 10.6. The number of carboxylic acid groups (broad SMARTS) is 1. The Balaban J connectivity index is 2.55. The van der Waals surface area contributed by atoms with Crippen molar-refractivity contribution in [2.75, 3.05) is 0 Å². The van der Waals surface area contributed by atoms with Gasteiger partial charge < -0.3 is 9.52 Å². The third-order valence-corrected chi connectivity index (χ3v) is 2.66. The van der Waals surface area contributed by atoms with Crippen LogP contribution >= 0.6 is 0 Å². The zero-order chi connectivity index (χ0) is 12.6. The van der Waals surface area contributed by atoms with Crippen LogP contribution < -0.4 is 0 Å². The molecule has 0 bridgehead atoms. The Labute approximate surface area is 95.7 Å². The average Bonchev–Trinajstić information content (AvgIpc) is 2.64. The van der Waals surface area contributed by atoms with Gasteiger partial charge in [0.05, 0.1) is 18.1 Å². The number of carbonyl (C=O) groups is 1. The summed E-state index contributed by atoms with van der Waals surface area (Å²) >= 11 is 0. The lowest BCUT2D eigenvalue weighted by atomic mass is 9.95. The van der Waals surface area contributed by atoms with Gasteiger partial charge >= 0.3 is 5.97 Å². The number of aliphatic carboxylic acids is 1. The third kappa shape index (κ3) is 2.00. The van der Waals surface area contributed by atoms with Gasteiger partial charge in [-0.25, -0.2) is 8.78 Å². The van der Waals surface area contributed by atoms with E-state index in [1.54, 1.807) is 0 Å². The highest BCUT2D eigenvalue weighted by Gasteiger charge is 2.22. The van der Waals surface area contributed by atoms with Gasteiger partial charge in [0, 0.05) is 11.6 Å². The smallest absolute Gasteiger partial charge is 0.303 e. The Morgan fingerprint density at radius 3 is 2.88 bits per heavy atom. The minimum absolute atomic E-state index is 0.117. The second-order valence-electron chi connectivity index (χ2n) is 3.92. The molecule has 0 amide bonds. The molecule has 0 radical (unpaired) electrons. The van der Waals surface area contributed by atoms with Crippen molar-refractivity contribution in [2.24, 2.45) is 0 Å². The summed E-state index contributed by atoms with van der Waals surface area (Å²) in [6, 6.07) is 2.47. The number of furan rings is 1. The highest BCUT2D eigenvalue weighted by Crippen LogP contribution is 2.31. The van der Waals surface area contributed by atoms with Crippen LogP contribution in [0.2, 0.25) is 0 Å². The van der Waals surface area contributed by atoms with E-state index in [2.05, 4.69) is 0 Å². The number of fused-ring (bicyclic) bond motifs is 1. The molecule has 0 fully saturated rings. The van der Waals surface area contributed by atoms with Gasteiger partial charge in [-0.3, -0.25) is 4.79 Å². The monoisotopic (exact) mass is 240 g/mol. The van der Waals surface area contributed by atoms with E-state index in [0.29, 0.717) is 0 Å². The standard InChI is InChI=1S/C12H10F2O3/c1-6(4-10(15)16)11-8(13)5-9-7(12(11)14)2-3-17-9/h2-3,5-6H,4H2,1H3,(H,15,16). The number of hydrogen-bond donors (Lipinski definition) is 1. The maximum atomic E-state index is 14.0. The minimum atomic E-state index is -1.09. The molecule has 0 spiro atoms. The number of hydrogen-bond acceptors (Lipinski definition) is 2. The molecule has 0 saturated carbocycles. The summed E-state index contributed by atoms with van der Waals surface area (Å²) in [6.07, 6.45) is 0.941. The van der Waals surface area contributed by atoms with Crippen LogP contribution in [-0.2, 0) is 4.79 Å². The lowest BCUT2D eigenvalue weighted by Crippen LogP contribution is -2.07. The van der Waals surface area contributed by atoms with E-state index in [4.69, 9.17) is 9.52 Å². The number of benzene rings is 1. The first-order valence-electron chi connectivity index (χ1n) is 5.07. The van der Waals surface area contributed by atoms with Gasteiger partial charge in [0.1, 0.15) is 17.2 Å². The summed E-state index contributed by atoms with van der Waals surface area (Å²) in [5.41, 5.74) is -0.0902. The zero-order valence-corrected chi connectivity index (χ0v) is 9.04. The van der Waals surface area contributed by atoms with Gasteiger partial charge in [-0.05, 0) is 12.0 Å². The summed E-state index contributed by atoms with van der Waals surface area (Å²) in [7, 11) is 0. The van der Waals surface area contributed by atoms with Gasteiger partial charge in [-0.1, -0.05) is 6.92 Å². The van der Waals surface area contributed by atoms with E-state index in [1.807, 2.05) is 0 Å². The summed E-state index contributed by atoms with van der Waals surface area (Å²) in [5.74, 6) is -3.35. The van der Waals surface area contributed by atoms with Crippen molar-refractivity contribution >= 4 is 16.9 Å². The van der Waals surface area contributed by atoms with Crippen molar-refractivity contribution in [3.05, 3.63) is 35.6 Å². The molecule has 0 aliphatic carbocycles. The molecular weight excluding hydrogens is 230 g/mol. The normalized spacial score (nSPS) is 12.9. The molecule has 5 heteroatoms. The van der Waals surface area contributed by atoms with Gasteiger partial charge in [0.15, 0.2) is 0 Å². The largest absolute Gasteiger partial charge is 0.481 e. The highest BCUT2D eigenvalue weighted by molar-refractivity contribution is 5.79. The summed E-state index contributed by atoms with van der Waals surface area (Å²) in [6.45, 7) is 1.47. The fraction of sp³-hybridized carbons (Fsp3) is 0.250. The molecule has 90 valence electrons. The Kier molecular flexibility index (Phi) is 2.83. The van der Waals surface area contributed by atoms with E-state index in [9.17, 15) is 13.6 Å². The molecule has 3 nitrogen and oxygen atoms in total. The molecule has 1 unspecified atom stereocenters. The van der Waals surface area contributed by atoms with Crippen LogP contribution in [0.25, 0.3) is 11.0 Å². The number of halogens is 2. The quantitative estimate of drug-likeness (QED) is 0.895. The van der Waals surface area contributed by atoms with Crippen LogP contribution in [0.5, 0.6) is 0 Å². The second-order valence-corrected chi connectivity index (χ2v) is 3.92. The Morgan fingerprint density at radius 1 is 1.53 bits per heavy atom. The SMILES string of the molecule is CC(CC(=O)O)c1c(F)cc2occc2c1F. The van der Waals surface area contributed by atoms with Gasteiger partial charge in [0.2, 0.25) is 0 Å². The minimum Gasteiger partial charge on any atom is -0.481 e. The maximum absolute atomic E-state index is 14.0. The third-order valence-electron chi connectivity index (χ3n) is 2.66. The number of rotatable bonds is 3. The van der Waals surface area contributed by atoms with E-state index in [0.717, 1.165) is 6.07 Å². The first kappa shape index (κ1) is 11.6. The Hall–Kier alpha value is -1.91. The van der Waals surface area contributed by atoms with E-state index >= 15 is 0 Å². The first-order valence-corrected chi connectivity index (χ1v) is 5.07. The zero-order valence-electron chi connectivity index (χ0n) is 9.04. The molecule has 1 aromatic heterocycles. The van der Waals surface area contributed by atoms with Crippen molar-refractivity contribution in [1.29, 1.82) is 0 Å². The second kappa shape index (κ2) is 4.16. The lowest BCUT2D eigenvalue weighted by molar-refractivity contribution is -0.137. The Morgan fingerprint density at radius 2 is 2.24 bits per heavy atom. The van der Waals surface area contributed by atoms with E-state index in [1.165, 1.54) is 19.3 Å².